The average Bonchev–Trinajstić information content (AvgIpc) is 2.60. The normalized spacial score (nSPS) is 24.1. The fraction of sp³-hybridized carbons (Fsp3) is 0.579. The zero-order chi connectivity index (χ0) is 17.2. The van der Waals surface area contributed by atoms with Crippen molar-refractivity contribution in [3.05, 3.63) is 35.4 Å². The average molecular weight is 327 g/mol. The van der Waals surface area contributed by atoms with Crippen molar-refractivity contribution in [3.8, 4) is 6.07 Å². The van der Waals surface area contributed by atoms with Crippen LogP contribution in [0.3, 0.4) is 0 Å². The molecule has 1 amide bonds. The molecule has 2 aliphatic rings. The number of piperidine rings is 1. The Morgan fingerprint density at radius 2 is 2.12 bits per heavy atom. The Bertz CT molecular complexity index is 644. The number of nitriles is 1. The molecule has 2 saturated heterocycles. The summed E-state index contributed by atoms with van der Waals surface area (Å²) in [5.74, 6) is 0.110. The van der Waals surface area contributed by atoms with Crippen molar-refractivity contribution in [2.45, 2.75) is 44.9 Å². The Morgan fingerprint density at radius 1 is 1.38 bits per heavy atom. The third-order valence-electron chi connectivity index (χ3n) is 5.18. The standard InChI is InChI=1S/C19H25N3O2/c1-3-22-14-19(24-15(2)18(22)23)7-9-21(10-8-19)13-17-6-4-5-16(11-17)12-20/h4-6,11,15H,3,7-10,13-14H2,1-2H3/t15-/m0/s1. The van der Waals surface area contributed by atoms with Gasteiger partial charge < -0.3 is 9.64 Å². The Labute approximate surface area is 143 Å². The van der Waals surface area contributed by atoms with Gasteiger partial charge in [-0.15, -0.1) is 0 Å². The van der Waals surface area contributed by atoms with Gasteiger partial charge in [-0.1, -0.05) is 12.1 Å². The number of carbonyl (C=O) groups excluding carboxylic acids is 1. The molecule has 0 radical (unpaired) electrons. The van der Waals surface area contributed by atoms with E-state index in [4.69, 9.17) is 10.00 Å². The van der Waals surface area contributed by atoms with Gasteiger partial charge in [0.1, 0.15) is 6.10 Å². The molecule has 0 aromatic heterocycles. The summed E-state index contributed by atoms with van der Waals surface area (Å²) in [6.07, 6.45) is 1.55. The molecule has 1 aromatic rings. The number of hydrogen-bond donors (Lipinski definition) is 0. The van der Waals surface area contributed by atoms with Gasteiger partial charge >= 0.3 is 0 Å². The quantitative estimate of drug-likeness (QED) is 0.854. The van der Waals surface area contributed by atoms with E-state index in [2.05, 4.69) is 17.0 Å². The highest BCUT2D eigenvalue weighted by molar-refractivity contribution is 5.81. The summed E-state index contributed by atoms with van der Waals surface area (Å²) in [6, 6.07) is 10.0. The number of likely N-dealkylation sites (N-methyl/N-ethyl adjacent to an activating group) is 1. The zero-order valence-electron chi connectivity index (χ0n) is 14.5. The molecule has 0 aliphatic carbocycles. The van der Waals surface area contributed by atoms with Gasteiger partial charge in [-0.05, 0) is 44.4 Å². The van der Waals surface area contributed by atoms with Crippen LogP contribution in [0.25, 0.3) is 0 Å². The maximum absolute atomic E-state index is 12.1. The van der Waals surface area contributed by atoms with Crippen LogP contribution in [0.5, 0.6) is 0 Å². The maximum Gasteiger partial charge on any atom is 0.251 e. The molecular formula is C19H25N3O2. The predicted molar refractivity (Wildman–Crippen MR) is 91.2 cm³/mol. The van der Waals surface area contributed by atoms with E-state index in [9.17, 15) is 4.79 Å². The molecule has 5 heteroatoms. The van der Waals surface area contributed by atoms with Crippen molar-refractivity contribution in [3.63, 3.8) is 0 Å². The number of likely N-dealkylation sites (tertiary alicyclic amines) is 1. The van der Waals surface area contributed by atoms with Crippen molar-refractivity contribution < 1.29 is 9.53 Å². The third-order valence-corrected chi connectivity index (χ3v) is 5.18. The van der Waals surface area contributed by atoms with E-state index in [0.29, 0.717) is 12.1 Å². The van der Waals surface area contributed by atoms with Crippen LogP contribution in [0.4, 0.5) is 0 Å². The van der Waals surface area contributed by atoms with E-state index in [1.54, 1.807) is 0 Å². The van der Waals surface area contributed by atoms with Crippen LogP contribution in [-0.4, -0.2) is 53.6 Å². The second kappa shape index (κ2) is 6.92. The van der Waals surface area contributed by atoms with E-state index in [-0.39, 0.29) is 17.6 Å². The molecule has 2 aliphatic heterocycles. The Morgan fingerprint density at radius 3 is 2.79 bits per heavy atom. The Hall–Kier alpha value is -1.90. The molecule has 1 spiro atoms. The lowest BCUT2D eigenvalue weighted by Gasteiger charge is -2.49. The van der Waals surface area contributed by atoms with Gasteiger partial charge in [-0.25, -0.2) is 0 Å². The molecule has 2 fully saturated rings. The maximum atomic E-state index is 12.1. The highest BCUT2D eigenvalue weighted by atomic mass is 16.5. The van der Waals surface area contributed by atoms with E-state index in [1.165, 1.54) is 5.56 Å². The lowest BCUT2D eigenvalue weighted by molar-refractivity contribution is -0.189. The first-order valence-corrected chi connectivity index (χ1v) is 8.73. The lowest BCUT2D eigenvalue weighted by Crippen LogP contribution is -2.61. The molecule has 2 heterocycles. The monoisotopic (exact) mass is 327 g/mol. The number of benzene rings is 1. The fourth-order valence-corrected chi connectivity index (χ4v) is 3.81. The number of morpholine rings is 1. The van der Waals surface area contributed by atoms with Gasteiger partial charge in [0.2, 0.25) is 0 Å². The molecule has 0 saturated carbocycles. The van der Waals surface area contributed by atoms with Crippen molar-refractivity contribution in [1.82, 2.24) is 9.80 Å². The van der Waals surface area contributed by atoms with E-state index >= 15 is 0 Å². The second-order valence-corrected chi connectivity index (χ2v) is 6.88. The summed E-state index contributed by atoms with van der Waals surface area (Å²) in [5, 5.41) is 9.02. The SMILES string of the molecule is CCN1CC2(CCN(Cc3cccc(C#N)c3)CC2)O[C@@H](C)C1=O. The van der Waals surface area contributed by atoms with Crippen molar-refractivity contribution in [2.24, 2.45) is 0 Å². The topological polar surface area (TPSA) is 56.6 Å². The molecular weight excluding hydrogens is 302 g/mol. The zero-order valence-corrected chi connectivity index (χ0v) is 14.5. The number of nitrogens with zero attached hydrogens (tertiary/aromatic N) is 3. The number of hydrogen-bond acceptors (Lipinski definition) is 4. The molecule has 5 nitrogen and oxygen atoms in total. The summed E-state index contributed by atoms with van der Waals surface area (Å²) < 4.78 is 6.13. The summed E-state index contributed by atoms with van der Waals surface area (Å²) >= 11 is 0. The summed E-state index contributed by atoms with van der Waals surface area (Å²) in [7, 11) is 0. The molecule has 1 aromatic carbocycles. The van der Waals surface area contributed by atoms with Crippen LogP contribution in [0.15, 0.2) is 24.3 Å². The highest BCUT2D eigenvalue weighted by Crippen LogP contribution is 2.33. The van der Waals surface area contributed by atoms with E-state index < -0.39 is 0 Å². The first-order valence-electron chi connectivity index (χ1n) is 8.73. The van der Waals surface area contributed by atoms with Crippen LogP contribution in [0.1, 0.15) is 37.8 Å². The fourth-order valence-electron chi connectivity index (χ4n) is 3.81. The summed E-state index contributed by atoms with van der Waals surface area (Å²) in [4.78, 5) is 16.4. The number of rotatable bonds is 3. The van der Waals surface area contributed by atoms with Crippen LogP contribution < -0.4 is 0 Å². The third kappa shape index (κ3) is 3.45. The van der Waals surface area contributed by atoms with Crippen molar-refractivity contribution >= 4 is 5.91 Å². The molecule has 24 heavy (non-hydrogen) atoms. The Kier molecular flexibility index (Phi) is 4.88. The van der Waals surface area contributed by atoms with Crippen molar-refractivity contribution in [1.29, 1.82) is 5.26 Å². The molecule has 0 bridgehead atoms. The minimum absolute atomic E-state index is 0.110. The molecule has 0 unspecified atom stereocenters. The number of ether oxygens (including phenoxy) is 1. The molecule has 1 atom stereocenters. The molecule has 0 N–H and O–H groups in total. The second-order valence-electron chi connectivity index (χ2n) is 6.88. The first kappa shape index (κ1) is 16.9. The van der Waals surface area contributed by atoms with E-state index in [1.807, 2.05) is 36.9 Å². The molecule has 128 valence electrons. The van der Waals surface area contributed by atoms with Gasteiger partial charge in [-0.2, -0.15) is 5.26 Å². The minimum atomic E-state index is -0.336. The largest absolute Gasteiger partial charge is 0.360 e. The van der Waals surface area contributed by atoms with Crippen LogP contribution in [0.2, 0.25) is 0 Å². The van der Waals surface area contributed by atoms with Gasteiger partial charge in [0, 0.05) is 32.7 Å². The van der Waals surface area contributed by atoms with Crippen LogP contribution >= 0.6 is 0 Å². The minimum Gasteiger partial charge on any atom is -0.360 e. The molecule has 3 rings (SSSR count). The first-order chi connectivity index (χ1) is 11.5. The Balaban J connectivity index is 1.61. The summed E-state index contributed by atoms with van der Waals surface area (Å²) in [6.45, 7) is 8.12. The predicted octanol–water partition coefficient (Wildman–Crippen LogP) is 2.16. The van der Waals surface area contributed by atoms with Gasteiger partial charge in [0.15, 0.2) is 0 Å². The van der Waals surface area contributed by atoms with Crippen LogP contribution in [-0.2, 0) is 16.1 Å². The van der Waals surface area contributed by atoms with Crippen LogP contribution in [0, 0.1) is 11.3 Å². The number of carbonyl (C=O) groups is 1. The van der Waals surface area contributed by atoms with Gasteiger partial charge in [0.25, 0.3) is 5.91 Å². The van der Waals surface area contributed by atoms with E-state index in [0.717, 1.165) is 39.0 Å². The lowest BCUT2D eigenvalue weighted by atomic mass is 9.88. The van der Waals surface area contributed by atoms with Gasteiger partial charge in [-0.3, -0.25) is 9.69 Å². The number of amides is 1. The highest BCUT2D eigenvalue weighted by Gasteiger charge is 2.44. The smallest absolute Gasteiger partial charge is 0.251 e. The summed E-state index contributed by atoms with van der Waals surface area (Å²) in [5.41, 5.74) is 1.70. The van der Waals surface area contributed by atoms with Gasteiger partial charge in [0.05, 0.1) is 17.2 Å². The van der Waals surface area contributed by atoms with Crippen molar-refractivity contribution in [2.75, 3.05) is 26.2 Å².